The monoisotopic (exact) mass is 358 g/mol. The number of piperidine rings is 1. The van der Waals surface area contributed by atoms with Gasteiger partial charge in [0.25, 0.3) is 5.91 Å². The van der Waals surface area contributed by atoms with Crippen molar-refractivity contribution in [3.05, 3.63) is 59.1 Å². The summed E-state index contributed by atoms with van der Waals surface area (Å²) in [7, 11) is 0. The van der Waals surface area contributed by atoms with E-state index in [9.17, 15) is 4.79 Å². The highest BCUT2D eigenvalue weighted by atomic mass is 35.5. The normalized spacial score (nSPS) is 14.9. The van der Waals surface area contributed by atoms with Crippen LogP contribution in [0.4, 0.5) is 5.69 Å². The Hall–Kier alpha value is -2.04. The largest absolute Gasteiger partial charge is 0.482 e. The fourth-order valence-electron chi connectivity index (χ4n) is 2.97. The van der Waals surface area contributed by atoms with Crippen molar-refractivity contribution >= 4 is 23.2 Å². The number of ether oxygens (including phenoxy) is 1. The second kappa shape index (κ2) is 8.88. The number of benzene rings is 2. The van der Waals surface area contributed by atoms with Crippen molar-refractivity contribution in [2.45, 2.75) is 25.8 Å². The number of carbonyl (C=O) groups excluding carboxylic acids is 1. The third-order valence-corrected chi connectivity index (χ3v) is 4.60. The van der Waals surface area contributed by atoms with Crippen molar-refractivity contribution < 1.29 is 9.53 Å². The van der Waals surface area contributed by atoms with E-state index in [0.29, 0.717) is 10.8 Å². The van der Waals surface area contributed by atoms with Crippen LogP contribution in [0.1, 0.15) is 24.8 Å². The Balaban J connectivity index is 1.47. The summed E-state index contributed by atoms with van der Waals surface area (Å²) in [5, 5.41) is 3.34. The smallest absolute Gasteiger partial charge is 0.262 e. The molecule has 0 atom stereocenters. The Labute approximate surface area is 153 Å². The lowest BCUT2D eigenvalue weighted by Gasteiger charge is -2.26. The first-order valence-electron chi connectivity index (χ1n) is 8.69. The molecule has 2 aromatic carbocycles. The van der Waals surface area contributed by atoms with E-state index in [1.54, 1.807) is 12.1 Å². The molecule has 1 amide bonds. The third kappa shape index (κ3) is 5.48. The molecular formula is C20H23ClN2O2. The number of amides is 1. The second-order valence-electron chi connectivity index (χ2n) is 6.30. The Kier molecular flexibility index (Phi) is 6.31. The van der Waals surface area contributed by atoms with Crippen LogP contribution in [-0.2, 0) is 11.3 Å². The number of likely N-dealkylation sites (tertiary alicyclic amines) is 1. The molecule has 0 aliphatic carbocycles. The van der Waals surface area contributed by atoms with Crippen LogP contribution in [0, 0.1) is 0 Å². The number of nitrogens with zero attached hydrogens (tertiary/aromatic N) is 1. The van der Waals surface area contributed by atoms with E-state index in [-0.39, 0.29) is 12.5 Å². The summed E-state index contributed by atoms with van der Waals surface area (Å²) >= 11 is 6.00. The van der Waals surface area contributed by atoms with Gasteiger partial charge in [0.1, 0.15) is 5.75 Å². The van der Waals surface area contributed by atoms with Gasteiger partial charge in [-0.05, 0) is 55.8 Å². The highest BCUT2D eigenvalue weighted by molar-refractivity contribution is 6.32. The number of anilines is 1. The van der Waals surface area contributed by atoms with Gasteiger partial charge < -0.3 is 10.1 Å². The summed E-state index contributed by atoms with van der Waals surface area (Å²) in [5.74, 6) is 0.305. The lowest BCUT2D eigenvalue weighted by Crippen LogP contribution is -2.29. The van der Waals surface area contributed by atoms with Crippen LogP contribution in [-0.4, -0.2) is 30.5 Å². The van der Waals surface area contributed by atoms with Gasteiger partial charge in [-0.15, -0.1) is 0 Å². The molecule has 132 valence electrons. The summed E-state index contributed by atoms with van der Waals surface area (Å²) < 4.78 is 5.44. The van der Waals surface area contributed by atoms with E-state index in [4.69, 9.17) is 16.3 Å². The van der Waals surface area contributed by atoms with Gasteiger partial charge in [-0.25, -0.2) is 0 Å². The zero-order chi connectivity index (χ0) is 17.5. The molecule has 0 aromatic heterocycles. The molecule has 0 saturated carbocycles. The molecule has 1 aliphatic heterocycles. The molecule has 3 rings (SSSR count). The van der Waals surface area contributed by atoms with Gasteiger partial charge in [0, 0.05) is 12.2 Å². The first-order chi connectivity index (χ1) is 12.2. The van der Waals surface area contributed by atoms with Crippen LogP contribution in [0.15, 0.2) is 48.5 Å². The molecule has 0 radical (unpaired) electrons. The highest BCUT2D eigenvalue weighted by Crippen LogP contribution is 2.23. The molecule has 25 heavy (non-hydrogen) atoms. The maximum Gasteiger partial charge on any atom is 0.262 e. The lowest BCUT2D eigenvalue weighted by atomic mass is 10.1. The maximum absolute atomic E-state index is 12.0. The number of rotatable bonds is 6. The highest BCUT2D eigenvalue weighted by Gasteiger charge is 2.10. The molecule has 2 aromatic rings. The molecule has 4 nitrogen and oxygen atoms in total. The number of hydrogen-bond acceptors (Lipinski definition) is 3. The van der Waals surface area contributed by atoms with Gasteiger partial charge in [0.15, 0.2) is 6.61 Å². The summed E-state index contributed by atoms with van der Waals surface area (Å²) in [6, 6.07) is 15.1. The summed E-state index contributed by atoms with van der Waals surface area (Å²) in [4.78, 5) is 14.5. The Morgan fingerprint density at radius 3 is 2.48 bits per heavy atom. The zero-order valence-corrected chi connectivity index (χ0v) is 15.0. The average Bonchev–Trinajstić information content (AvgIpc) is 2.64. The number of nitrogens with one attached hydrogen (secondary N) is 1. The molecule has 1 heterocycles. The minimum Gasteiger partial charge on any atom is -0.482 e. The van der Waals surface area contributed by atoms with E-state index >= 15 is 0 Å². The summed E-state index contributed by atoms with van der Waals surface area (Å²) in [6.45, 7) is 3.26. The average molecular weight is 359 g/mol. The van der Waals surface area contributed by atoms with Crippen molar-refractivity contribution in [1.29, 1.82) is 0 Å². The molecule has 1 saturated heterocycles. The van der Waals surface area contributed by atoms with Crippen LogP contribution in [0.2, 0.25) is 5.02 Å². The van der Waals surface area contributed by atoms with Crippen molar-refractivity contribution in [1.82, 2.24) is 4.90 Å². The van der Waals surface area contributed by atoms with Gasteiger partial charge in [-0.3, -0.25) is 9.69 Å². The van der Waals surface area contributed by atoms with Crippen LogP contribution in [0.25, 0.3) is 0 Å². The van der Waals surface area contributed by atoms with E-state index in [0.717, 1.165) is 12.2 Å². The van der Waals surface area contributed by atoms with Gasteiger partial charge >= 0.3 is 0 Å². The van der Waals surface area contributed by atoms with E-state index < -0.39 is 0 Å². The van der Waals surface area contributed by atoms with Crippen molar-refractivity contribution in [3.63, 3.8) is 0 Å². The molecule has 0 bridgehead atoms. The van der Waals surface area contributed by atoms with Crippen molar-refractivity contribution in [3.8, 4) is 5.75 Å². The number of halogens is 1. The standard InChI is InChI=1S/C20H23ClN2O2/c21-18-6-2-3-7-19(18)25-15-20(24)22-17-10-8-16(9-11-17)14-23-12-4-1-5-13-23/h2-3,6-11H,1,4-5,12-15H2,(H,22,24). The third-order valence-electron chi connectivity index (χ3n) is 4.29. The lowest BCUT2D eigenvalue weighted by molar-refractivity contribution is -0.118. The van der Waals surface area contributed by atoms with E-state index in [2.05, 4.69) is 22.3 Å². The molecule has 1 aliphatic rings. The Morgan fingerprint density at radius 1 is 1.04 bits per heavy atom. The SMILES string of the molecule is O=C(COc1ccccc1Cl)Nc1ccc(CN2CCCCC2)cc1. The molecule has 1 fully saturated rings. The van der Waals surface area contributed by atoms with Gasteiger partial charge in [0.2, 0.25) is 0 Å². The molecule has 0 unspecified atom stereocenters. The van der Waals surface area contributed by atoms with Crippen LogP contribution < -0.4 is 10.1 Å². The molecule has 0 spiro atoms. The van der Waals surface area contributed by atoms with Gasteiger partial charge in [-0.1, -0.05) is 42.3 Å². The summed E-state index contributed by atoms with van der Waals surface area (Å²) in [6.07, 6.45) is 3.93. The second-order valence-corrected chi connectivity index (χ2v) is 6.71. The predicted octanol–water partition coefficient (Wildman–Crippen LogP) is 4.34. The molecule has 1 N–H and O–H groups in total. The van der Waals surface area contributed by atoms with Gasteiger partial charge in [0.05, 0.1) is 5.02 Å². The number of hydrogen-bond donors (Lipinski definition) is 1. The molecular weight excluding hydrogens is 336 g/mol. The number of carbonyl (C=O) groups is 1. The van der Waals surface area contributed by atoms with Crippen molar-refractivity contribution in [2.24, 2.45) is 0 Å². The fraction of sp³-hybridized carbons (Fsp3) is 0.350. The maximum atomic E-state index is 12.0. The van der Waals surface area contributed by atoms with E-state index in [1.165, 1.54) is 37.9 Å². The summed E-state index contributed by atoms with van der Waals surface area (Å²) in [5.41, 5.74) is 2.04. The van der Waals surface area contributed by atoms with Crippen LogP contribution >= 0.6 is 11.6 Å². The topological polar surface area (TPSA) is 41.6 Å². The van der Waals surface area contributed by atoms with E-state index in [1.807, 2.05) is 24.3 Å². The first kappa shape index (κ1) is 17.8. The predicted molar refractivity (Wildman–Crippen MR) is 101 cm³/mol. The van der Waals surface area contributed by atoms with Crippen molar-refractivity contribution in [2.75, 3.05) is 25.0 Å². The minimum absolute atomic E-state index is 0.0702. The van der Waals surface area contributed by atoms with Crippen LogP contribution in [0.5, 0.6) is 5.75 Å². The Bertz CT molecular complexity index is 697. The number of para-hydroxylation sites is 1. The fourth-order valence-corrected chi connectivity index (χ4v) is 3.16. The minimum atomic E-state index is -0.205. The first-order valence-corrected chi connectivity index (χ1v) is 9.07. The van der Waals surface area contributed by atoms with Crippen LogP contribution in [0.3, 0.4) is 0 Å². The van der Waals surface area contributed by atoms with Gasteiger partial charge in [-0.2, -0.15) is 0 Å². The zero-order valence-electron chi connectivity index (χ0n) is 14.2. The quantitative estimate of drug-likeness (QED) is 0.835. The Morgan fingerprint density at radius 2 is 1.76 bits per heavy atom. The molecule has 5 heteroatoms.